The fourth-order valence-corrected chi connectivity index (χ4v) is 3.11. The van der Waals surface area contributed by atoms with Gasteiger partial charge in [-0.2, -0.15) is 0 Å². The first-order chi connectivity index (χ1) is 8.57. The van der Waals surface area contributed by atoms with Gasteiger partial charge in [-0.05, 0) is 19.5 Å². The molecule has 0 amide bonds. The summed E-state index contributed by atoms with van der Waals surface area (Å²) in [7, 11) is 1.50. The summed E-state index contributed by atoms with van der Waals surface area (Å²) in [5.74, 6) is -1.27. The summed E-state index contributed by atoms with van der Waals surface area (Å²) in [6.45, 7) is 8.41. The second-order valence-electron chi connectivity index (χ2n) is 3.26. The second-order valence-corrected chi connectivity index (χ2v) is 5.74. The minimum atomic E-state index is -2.90. The van der Waals surface area contributed by atoms with Gasteiger partial charge in [0.15, 0.2) is 0 Å². The van der Waals surface area contributed by atoms with Gasteiger partial charge in [-0.3, -0.25) is 0 Å². The van der Waals surface area contributed by atoms with Crippen molar-refractivity contribution >= 4 is 8.80 Å². The van der Waals surface area contributed by atoms with Crippen molar-refractivity contribution in [3.63, 3.8) is 0 Å². The molecule has 0 heterocycles. The largest absolute Gasteiger partial charge is 0.529 e. The Bertz CT molecular complexity index is 217. The Labute approximate surface area is 110 Å². The normalized spacial score (nSPS) is 12.7. The molecule has 0 aliphatic heterocycles. The summed E-state index contributed by atoms with van der Waals surface area (Å²) in [5.41, 5.74) is 1.58. The lowest BCUT2D eigenvalue weighted by atomic mass is 10.6. The standard InChI is InChI=1S/C11H24O6Si/c1-7-15-18(9-3,16-8-2)17-10-11(12-4,13-5)14-6/h9H,3,7-8,10H2,1-2,4-6H3. The lowest BCUT2D eigenvalue weighted by molar-refractivity contribution is -0.363. The smallest absolute Gasteiger partial charge is 0.371 e. The van der Waals surface area contributed by atoms with Gasteiger partial charge in [0.1, 0.15) is 6.61 Å². The number of hydrogen-bond donors (Lipinski definition) is 0. The van der Waals surface area contributed by atoms with Crippen molar-refractivity contribution in [2.24, 2.45) is 0 Å². The van der Waals surface area contributed by atoms with Crippen LogP contribution in [-0.2, 0) is 27.5 Å². The predicted octanol–water partition coefficient (Wildman–Crippen LogP) is 1.33. The molecule has 0 rings (SSSR count). The molecule has 0 spiro atoms. The fraction of sp³-hybridized carbons (Fsp3) is 0.818. The van der Waals surface area contributed by atoms with E-state index in [0.717, 1.165) is 0 Å². The van der Waals surface area contributed by atoms with Crippen molar-refractivity contribution in [2.75, 3.05) is 41.2 Å². The molecule has 0 saturated carbocycles. The van der Waals surface area contributed by atoms with E-state index in [1.54, 1.807) is 5.70 Å². The molecule has 0 atom stereocenters. The molecule has 7 heteroatoms. The summed E-state index contributed by atoms with van der Waals surface area (Å²) in [4.78, 5) is 0. The van der Waals surface area contributed by atoms with Crippen molar-refractivity contribution in [1.29, 1.82) is 0 Å². The fourth-order valence-electron chi connectivity index (χ4n) is 1.32. The van der Waals surface area contributed by atoms with E-state index in [1.807, 2.05) is 13.8 Å². The first kappa shape index (κ1) is 17.7. The van der Waals surface area contributed by atoms with Gasteiger partial charge in [0.05, 0.1) is 0 Å². The van der Waals surface area contributed by atoms with Crippen LogP contribution in [0.3, 0.4) is 0 Å². The van der Waals surface area contributed by atoms with E-state index in [-0.39, 0.29) is 6.61 Å². The van der Waals surface area contributed by atoms with E-state index in [1.165, 1.54) is 21.3 Å². The van der Waals surface area contributed by atoms with Crippen LogP contribution in [0.2, 0.25) is 0 Å². The molecule has 108 valence electrons. The average Bonchev–Trinajstić information content (AvgIpc) is 2.41. The van der Waals surface area contributed by atoms with Crippen LogP contribution in [-0.4, -0.2) is 55.9 Å². The second kappa shape index (κ2) is 8.76. The van der Waals surface area contributed by atoms with E-state index >= 15 is 0 Å². The first-order valence-corrected chi connectivity index (χ1v) is 7.58. The van der Waals surface area contributed by atoms with Crippen molar-refractivity contribution in [1.82, 2.24) is 0 Å². The van der Waals surface area contributed by atoms with E-state index < -0.39 is 14.8 Å². The van der Waals surface area contributed by atoms with Crippen molar-refractivity contribution < 1.29 is 27.5 Å². The van der Waals surface area contributed by atoms with Gasteiger partial charge < -0.3 is 27.5 Å². The zero-order valence-corrected chi connectivity index (χ0v) is 12.9. The number of methoxy groups -OCH3 is 3. The Morgan fingerprint density at radius 3 is 1.67 bits per heavy atom. The SMILES string of the molecule is C=C[Si](OCC)(OCC)OCC(OC)(OC)OC. The van der Waals surface area contributed by atoms with Crippen LogP contribution in [0, 0.1) is 0 Å². The molecule has 0 N–H and O–H groups in total. The van der Waals surface area contributed by atoms with Gasteiger partial charge in [0, 0.05) is 34.5 Å². The molecule has 0 saturated heterocycles. The molecular formula is C11H24O6Si. The molecule has 0 unspecified atom stereocenters. The zero-order chi connectivity index (χ0) is 14.1. The quantitative estimate of drug-likeness (QED) is 0.420. The lowest BCUT2D eigenvalue weighted by Crippen LogP contribution is -2.50. The molecule has 0 aromatic carbocycles. The highest BCUT2D eigenvalue weighted by Gasteiger charge is 2.42. The van der Waals surface area contributed by atoms with Gasteiger partial charge in [0.2, 0.25) is 0 Å². The van der Waals surface area contributed by atoms with Crippen LogP contribution in [0.1, 0.15) is 13.8 Å². The van der Waals surface area contributed by atoms with Crippen molar-refractivity contribution in [3.8, 4) is 0 Å². The lowest BCUT2D eigenvalue weighted by Gasteiger charge is -2.32. The van der Waals surface area contributed by atoms with Crippen LogP contribution in [0.4, 0.5) is 0 Å². The van der Waals surface area contributed by atoms with E-state index in [2.05, 4.69) is 6.58 Å². The Morgan fingerprint density at radius 2 is 1.39 bits per heavy atom. The number of rotatable bonds is 11. The Morgan fingerprint density at radius 1 is 0.944 bits per heavy atom. The van der Waals surface area contributed by atoms with Gasteiger partial charge in [-0.15, -0.1) is 0 Å². The molecule has 18 heavy (non-hydrogen) atoms. The summed E-state index contributed by atoms with van der Waals surface area (Å²) in [6.07, 6.45) is 0. The summed E-state index contributed by atoms with van der Waals surface area (Å²) in [5, 5.41) is 0. The Kier molecular flexibility index (Phi) is 8.62. The van der Waals surface area contributed by atoms with Crippen molar-refractivity contribution in [2.45, 2.75) is 19.8 Å². The highest BCUT2D eigenvalue weighted by molar-refractivity contribution is 6.66. The zero-order valence-electron chi connectivity index (χ0n) is 11.9. The Hall–Kier alpha value is -0.283. The maximum absolute atomic E-state index is 5.70. The third-order valence-electron chi connectivity index (χ3n) is 2.32. The van der Waals surface area contributed by atoms with Crippen LogP contribution in [0.5, 0.6) is 0 Å². The van der Waals surface area contributed by atoms with E-state index in [9.17, 15) is 0 Å². The molecule has 0 bridgehead atoms. The van der Waals surface area contributed by atoms with Crippen LogP contribution in [0.25, 0.3) is 0 Å². The van der Waals surface area contributed by atoms with Crippen LogP contribution >= 0.6 is 0 Å². The van der Waals surface area contributed by atoms with Crippen LogP contribution < -0.4 is 0 Å². The predicted molar refractivity (Wildman–Crippen MR) is 68.9 cm³/mol. The third kappa shape index (κ3) is 4.77. The summed E-state index contributed by atoms with van der Waals surface area (Å²) < 4.78 is 32.2. The third-order valence-corrected chi connectivity index (χ3v) is 4.75. The first-order valence-electron chi connectivity index (χ1n) is 5.78. The highest BCUT2D eigenvalue weighted by Crippen LogP contribution is 2.18. The molecule has 6 nitrogen and oxygen atoms in total. The number of hydrogen-bond acceptors (Lipinski definition) is 6. The minimum Gasteiger partial charge on any atom is -0.371 e. The average molecular weight is 280 g/mol. The van der Waals surface area contributed by atoms with Crippen LogP contribution in [0.15, 0.2) is 12.3 Å². The monoisotopic (exact) mass is 280 g/mol. The Balaban J connectivity index is 4.71. The maximum Gasteiger partial charge on any atom is 0.529 e. The van der Waals surface area contributed by atoms with E-state index in [4.69, 9.17) is 27.5 Å². The topological polar surface area (TPSA) is 55.4 Å². The van der Waals surface area contributed by atoms with Gasteiger partial charge in [-0.1, -0.05) is 6.58 Å². The molecule has 0 radical (unpaired) electrons. The molecule has 0 aromatic rings. The molecule has 0 aromatic heterocycles. The molecular weight excluding hydrogens is 256 g/mol. The van der Waals surface area contributed by atoms with Gasteiger partial charge >= 0.3 is 14.8 Å². The van der Waals surface area contributed by atoms with Crippen molar-refractivity contribution in [3.05, 3.63) is 12.3 Å². The molecule has 0 aliphatic carbocycles. The number of ether oxygens (including phenoxy) is 3. The van der Waals surface area contributed by atoms with E-state index in [0.29, 0.717) is 13.2 Å². The summed E-state index contributed by atoms with van der Waals surface area (Å²) in [6, 6.07) is 0. The van der Waals surface area contributed by atoms with Gasteiger partial charge in [-0.25, -0.2) is 0 Å². The highest BCUT2D eigenvalue weighted by atomic mass is 28.4. The van der Waals surface area contributed by atoms with Gasteiger partial charge in [0.25, 0.3) is 0 Å². The summed E-state index contributed by atoms with van der Waals surface area (Å²) >= 11 is 0. The maximum atomic E-state index is 5.70. The molecule has 0 fully saturated rings. The molecule has 0 aliphatic rings. The minimum absolute atomic E-state index is 0.0226.